The van der Waals surface area contributed by atoms with Gasteiger partial charge in [0.05, 0.1) is 14.9 Å². The molecular formula is C14H9ClI2O2S. The highest BCUT2D eigenvalue weighted by atomic mass is 127. The largest absolute Gasteiger partial charge is 0.506 e. The highest BCUT2D eigenvalue weighted by Crippen LogP contribution is 2.29. The molecule has 2 rings (SSSR count). The minimum atomic E-state index is -0.0844. The monoisotopic (exact) mass is 530 g/mol. The Bertz CT molecular complexity index is 644. The molecule has 0 saturated carbocycles. The van der Waals surface area contributed by atoms with Gasteiger partial charge in [0.25, 0.3) is 0 Å². The van der Waals surface area contributed by atoms with Crippen molar-refractivity contribution in [3.8, 4) is 5.75 Å². The summed E-state index contributed by atoms with van der Waals surface area (Å²) in [6.45, 7) is 0. The lowest BCUT2D eigenvalue weighted by molar-refractivity contribution is 0.102. The third-order valence-electron chi connectivity index (χ3n) is 2.51. The number of hydrogen-bond acceptors (Lipinski definition) is 3. The second-order valence-electron chi connectivity index (χ2n) is 3.95. The summed E-state index contributed by atoms with van der Waals surface area (Å²) >= 11 is 11.4. The maximum absolute atomic E-state index is 12.2. The standard InChI is InChI=1S/C14H9ClI2O2S/c15-8-1-3-10(4-2-8)20-7-13(18)11-5-9(16)6-12(17)14(11)19/h1-6,19H,7H2. The second-order valence-corrected chi connectivity index (χ2v) is 7.84. The molecule has 0 unspecified atom stereocenters. The van der Waals surface area contributed by atoms with Crippen molar-refractivity contribution in [2.45, 2.75) is 4.90 Å². The number of rotatable bonds is 4. The van der Waals surface area contributed by atoms with E-state index >= 15 is 0 Å². The van der Waals surface area contributed by atoms with Gasteiger partial charge in [0.2, 0.25) is 0 Å². The first kappa shape index (κ1) is 16.4. The molecule has 0 bridgehead atoms. The Labute approximate surface area is 153 Å². The topological polar surface area (TPSA) is 37.3 Å². The summed E-state index contributed by atoms with van der Waals surface area (Å²) in [6, 6.07) is 10.9. The number of carbonyl (C=O) groups excluding carboxylic acids is 1. The summed E-state index contributed by atoms with van der Waals surface area (Å²) in [4.78, 5) is 13.2. The van der Waals surface area contributed by atoms with E-state index in [9.17, 15) is 9.90 Å². The summed E-state index contributed by atoms with van der Waals surface area (Å²) in [6.07, 6.45) is 0. The van der Waals surface area contributed by atoms with Gasteiger partial charge in [-0.25, -0.2) is 0 Å². The van der Waals surface area contributed by atoms with Gasteiger partial charge in [0.15, 0.2) is 5.78 Å². The number of phenolic OH excluding ortho intramolecular Hbond substituents is 1. The van der Waals surface area contributed by atoms with Gasteiger partial charge in [0, 0.05) is 13.5 Å². The summed E-state index contributed by atoms with van der Waals surface area (Å²) in [5, 5.41) is 10.6. The Hall–Kier alpha value is 0.01000. The van der Waals surface area contributed by atoms with E-state index in [1.165, 1.54) is 11.8 Å². The summed E-state index contributed by atoms with van der Waals surface area (Å²) in [5.74, 6) is 0.261. The summed E-state index contributed by atoms with van der Waals surface area (Å²) in [7, 11) is 0. The van der Waals surface area contributed by atoms with Crippen LogP contribution < -0.4 is 0 Å². The fourth-order valence-electron chi connectivity index (χ4n) is 1.54. The molecule has 0 amide bonds. The number of aromatic hydroxyl groups is 1. The molecule has 0 fully saturated rings. The van der Waals surface area contributed by atoms with E-state index in [1.54, 1.807) is 18.2 Å². The molecule has 0 aromatic heterocycles. The van der Waals surface area contributed by atoms with Crippen molar-refractivity contribution >= 4 is 74.3 Å². The van der Waals surface area contributed by atoms with Gasteiger partial charge in [-0.3, -0.25) is 4.79 Å². The first-order valence-electron chi connectivity index (χ1n) is 5.57. The molecule has 0 aliphatic heterocycles. The van der Waals surface area contributed by atoms with Gasteiger partial charge < -0.3 is 5.11 Å². The van der Waals surface area contributed by atoms with Crippen molar-refractivity contribution in [3.63, 3.8) is 0 Å². The zero-order valence-electron chi connectivity index (χ0n) is 10.1. The molecule has 2 nitrogen and oxygen atoms in total. The van der Waals surface area contributed by atoms with Crippen molar-refractivity contribution in [2.75, 3.05) is 5.75 Å². The lowest BCUT2D eigenvalue weighted by Crippen LogP contribution is -2.04. The summed E-state index contributed by atoms with van der Waals surface area (Å²) < 4.78 is 1.62. The van der Waals surface area contributed by atoms with Crippen molar-refractivity contribution in [3.05, 3.63) is 54.1 Å². The second kappa shape index (κ2) is 7.33. The van der Waals surface area contributed by atoms with E-state index in [0.717, 1.165) is 8.47 Å². The molecule has 6 heteroatoms. The zero-order chi connectivity index (χ0) is 14.7. The van der Waals surface area contributed by atoms with Crippen LogP contribution >= 0.6 is 68.5 Å². The molecule has 104 valence electrons. The van der Waals surface area contributed by atoms with Crippen LogP contribution in [-0.4, -0.2) is 16.6 Å². The van der Waals surface area contributed by atoms with Crippen LogP contribution in [0.3, 0.4) is 0 Å². The molecular weight excluding hydrogens is 521 g/mol. The van der Waals surface area contributed by atoms with Crippen LogP contribution in [0.5, 0.6) is 5.75 Å². The van der Waals surface area contributed by atoms with Crippen LogP contribution in [0.2, 0.25) is 5.02 Å². The van der Waals surface area contributed by atoms with Crippen LogP contribution in [0.25, 0.3) is 0 Å². The Morgan fingerprint density at radius 3 is 2.50 bits per heavy atom. The number of Topliss-reactive ketones (excluding diaryl/α,β-unsaturated/α-hetero) is 1. The van der Waals surface area contributed by atoms with Crippen LogP contribution in [0.4, 0.5) is 0 Å². The number of thioether (sulfide) groups is 1. The van der Waals surface area contributed by atoms with E-state index < -0.39 is 0 Å². The van der Waals surface area contributed by atoms with E-state index in [4.69, 9.17) is 11.6 Å². The lowest BCUT2D eigenvalue weighted by Gasteiger charge is -2.07. The average Bonchev–Trinajstić information content (AvgIpc) is 2.42. The Morgan fingerprint density at radius 1 is 1.20 bits per heavy atom. The van der Waals surface area contributed by atoms with Gasteiger partial charge in [-0.2, -0.15) is 0 Å². The normalized spacial score (nSPS) is 10.6. The number of benzene rings is 2. The van der Waals surface area contributed by atoms with Gasteiger partial charge in [-0.05, 0) is 81.6 Å². The molecule has 2 aromatic carbocycles. The maximum atomic E-state index is 12.2. The van der Waals surface area contributed by atoms with Crippen molar-refractivity contribution in [2.24, 2.45) is 0 Å². The Kier molecular flexibility index (Phi) is 6.00. The predicted molar refractivity (Wildman–Crippen MR) is 100 cm³/mol. The molecule has 0 aliphatic rings. The highest BCUT2D eigenvalue weighted by molar-refractivity contribution is 14.1. The molecule has 0 aliphatic carbocycles. The lowest BCUT2D eigenvalue weighted by atomic mass is 10.1. The highest BCUT2D eigenvalue weighted by Gasteiger charge is 2.15. The van der Waals surface area contributed by atoms with Crippen molar-refractivity contribution < 1.29 is 9.90 Å². The van der Waals surface area contributed by atoms with Crippen LogP contribution in [0, 0.1) is 7.14 Å². The number of carbonyl (C=O) groups is 1. The van der Waals surface area contributed by atoms with Crippen molar-refractivity contribution in [1.82, 2.24) is 0 Å². The molecule has 2 aromatic rings. The van der Waals surface area contributed by atoms with E-state index in [2.05, 4.69) is 22.6 Å². The minimum absolute atomic E-state index is 0.0627. The molecule has 0 atom stereocenters. The molecule has 20 heavy (non-hydrogen) atoms. The fraction of sp³-hybridized carbons (Fsp3) is 0.0714. The molecule has 0 saturated heterocycles. The van der Waals surface area contributed by atoms with Crippen LogP contribution in [0.1, 0.15) is 10.4 Å². The fourth-order valence-corrected chi connectivity index (χ4v) is 4.29. The third kappa shape index (κ3) is 4.25. The summed E-state index contributed by atoms with van der Waals surface area (Å²) in [5.41, 5.74) is 0.378. The minimum Gasteiger partial charge on any atom is -0.506 e. The van der Waals surface area contributed by atoms with Gasteiger partial charge in [-0.15, -0.1) is 11.8 Å². The first-order chi connectivity index (χ1) is 9.47. The van der Waals surface area contributed by atoms with Crippen molar-refractivity contribution in [1.29, 1.82) is 0 Å². The Balaban J connectivity index is 2.11. The predicted octanol–water partition coefficient (Wildman–Crippen LogP) is 5.23. The maximum Gasteiger partial charge on any atom is 0.176 e. The van der Waals surface area contributed by atoms with E-state index in [0.29, 0.717) is 14.2 Å². The quantitative estimate of drug-likeness (QED) is 0.334. The Morgan fingerprint density at radius 2 is 1.85 bits per heavy atom. The molecule has 0 spiro atoms. The zero-order valence-corrected chi connectivity index (χ0v) is 16.0. The SMILES string of the molecule is O=C(CSc1ccc(Cl)cc1)c1cc(I)cc(I)c1O. The van der Waals surface area contributed by atoms with Crippen LogP contribution in [0.15, 0.2) is 41.3 Å². The number of phenols is 1. The van der Waals surface area contributed by atoms with Gasteiger partial charge >= 0.3 is 0 Å². The molecule has 1 N–H and O–H groups in total. The molecule has 0 heterocycles. The van der Waals surface area contributed by atoms with Gasteiger partial charge in [0.1, 0.15) is 5.75 Å². The first-order valence-corrected chi connectivity index (χ1v) is 9.09. The number of ketones is 1. The van der Waals surface area contributed by atoms with E-state index in [1.807, 2.05) is 40.8 Å². The average molecular weight is 531 g/mol. The van der Waals surface area contributed by atoms with Crippen LogP contribution in [-0.2, 0) is 0 Å². The number of hydrogen-bond donors (Lipinski definition) is 1. The molecule has 0 radical (unpaired) electrons. The number of halogens is 3. The van der Waals surface area contributed by atoms with Gasteiger partial charge in [-0.1, -0.05) is 11.6 Å². The third-order valence-corrected chi connectivity index (χ3v) is 5.22. The van der Waals surface area contributed by atoms with E-state index in [-0.39, 0.29) is 17.3 Å². The smallest absolute Gasteiger partial charge is 0.176 e.